The van der Waals surface area contributed by atoms with Crippen molar-refractivity contribution in [3.05, 3.63) is 18.5 Å². The monoisotopic (exact) mass is 266 g/mol. The molecule has 0 radical (unpaired) electrons. The minimum atomic E-state index is 0.244. The van der Waals surface area contributed by atoms with Gasteiger partial charge in [0.1, 0.15) is 0 Å². The fourth-order valence-electron chi connectivity index (χ4n) is 2.31. The van der Waals surface area contributed by atoms with Gasteiger partial charge in [-0.3, -0.25) is 9.67 Å². The van der Waals surface area contributed by atoms with Gasteiger partial charge in [-0.25, -0.2) is 0 Å². The maximum absolute atomic E-state index is 5.42. The van der Waals surface area contributed by atoms with Crippen molar-refractivity contribution >= 4 is 16.9 Å². The maximum Gasteiger partial charge on any atom is 0.157 e. The lowest BCUT2D eigenvalue weighted by molar-refractivity contribution is 0.0555. The summed E-state index contributed by atoms with van der Waals surface area (Å²) in [6, 6.07) is 1.94. The highest BCUT2D eigenvalue weighted by Crippen LogP contribution is 2.31. The van der Waals surface area contributed by atoms with Crippen molar-refractivity contribution in [1.29, 1.82) is 0 Å². The number of ether oxygens (including phenoxy) is 1. The molecule has 0 aromatic carbocycles. The zero-order valence-electron chi connectivity index (χ0n) is 10.3. The van der Waals surface area contributed by atoms with Gasteiger partial charge in [-0.1, -0.05) is 11.8 Å². The molecule has 5 nitrogen and oxygen atoms in total. The van der Waals surface area contributed by atoms with Crippen LogP contribution >= 0.6 is 11.8 Å². The Labute approximate surface area is 111 Å². The predicted molar refractivity (Wildman–Crippen MR) is 72.9 cm³/mol. The molecule has 2 aliphatic rings. The number of nitrogens with zero attached hydrogens (tertiary/aromatic N) is 3. The van der Waals surface area contributed by atoms with E-state index in [0.717, 1.165) is 50.1 Å². The summed E-state index contributed by atoms with van der Waals surface area (Å²) in [7, 11) is 0. The first-order valence-electron chi connectivity index (χ1n) is 6.37. The highest BCUT2D eigenvalue weighted by atomic mass is 32.2. The van der Waals surface area contributed by atoms with E-state index < -0.39 is 0 Å². The van der Waals surface area contributed by atoms with Gasteiger partial charge in [0.15, 0.2) is 5.17 Å². The van der Waals surface area contributed by atoms with Gasteiger partial charge in [-0.2, -0.15) is 5.10 Å². The molecule has 1 aromatic heterocycles. The van der Waals surface area contributed by atoms with E-state index in [2.05, 4.69) is 15.4 Å². The third kappa shape index (κ3) is 2.70. The number of aromatic nitrogens is 2. The number of hydrogen-bond donors (Lipinski definition) is 1. The Balaban J connectivity index is 1.51. The SMILES string of the molecule is c1cnn(CCN=C2NC3(CCOCC3)CS2)c1. The molecule has 2 fully saturated rings. The average molecular weight is 266 g/mol. The van der Waals surface area contributed by atoms with Crippen LogP contribution < -0.4 is 5.32 Å². The summed E-state index contributed by atoms with van der Waals surface area (Å²) in [5.41, 5.74) is 0.244. The Morgan fingerprint density at radius 2 is 2.39 bits per heavy atom. The standard InChI is InChI=1S/C12H18N4OS/c1-4-14-16(6-1)7-5-13-11-15-12(10-18-11)2-8-17-9-3-12/h1,4,6H,2-3,5,7-10H2,(H,13,15). The lowest BCUT2D eigenvalue weighted by atomic mass is 9.93. The van der Waals surface area contributed by atoms with E-state index in [0.29, 0.717) is 0 Å². The van der Waals surface area contributed by atoms with E-state index in [4.69, 9.17) is 4.74 Å². The molecule has 0 aliphatic carbocycles. The van der Waals surface area contributed by atoms with E-state index in [1.165, 1.54) is 0 Å². The van der Waals surface area contributed by atoms with Gasteiger partial charge in [0.2, 0.25) is 0 Å². The average Bonchev–Trinajstić information content (AvgIpc) is 3.02. The molecule has 2 aliphatic heterocycles. The van der Waals surface area contributed by atoms with Crippen LogP contribution in [0.3, 0.4) is 0 Å². The summed E-state index contributed by atoms with van der Waals surface area (Å²) < 4.78 is 7.33. The van der Waals surface area contributed by atoms with Crippen molar-refractivity contribution in [1.82, 2.24) is 15.1 Å². The third-order valence-electron chi connectivity index (χ3n) is 3.45. The molecule has 1 spiro atoms. The van der Waals surface area contributed by atoms with Crippen LogP contribution in [0.25, 0.3) is 0 Å². The van der Waals surface area contributed by atoms with Crippen molar-refractivity contribution in [3.8, 4) is 0 Å². The summed E-state index contributed by atoms with van der Waals surface area (Å²) >= 11 is 1.84. The first-order valence-corrected chi connectivity index (χ1v) is 7.36. The van der Waals surface area contributed by atoms with Crippen LogP contribution in [0.1, 0.15) is 12.8 Å². The van der Waals surface area contributed by atoms with Crippen LogP contribution in [-0.2, 0) is 11.3 Å². The summed E-state index contributed by atoms with van der Waals surface area (Å²) in [4.78, 5) is 4.61. The molecule has 2 saturated heterocycles. The van der Waals surface area contributed by atoms with Crippen molar-refractivity contribution in [2.24, 2.45) is 4.99 Å². The van der Waals surface area contributed by atoms with Crippen LogP contribution in [-0.4, -0.2) is 46.0 Å². The highest BCUT2D eigenvalue weighted by Gasteiger charge is 2.38. The van der Waals surface area contributed by atoms with Crippen LogP contribution in [0.4, 0.5) is 0 Å². The molecule has 0 bridgehead atoms. The smallest absolute Gasteiger partial charge is 0.157 e. The summed E-state index contributed by atoms with van der Waals surface area (Å²) in [6.07, 6.45) is 5.96. The minimum Gasteiger partial charge on any atom is -0.381 e. The van der Waals surface area contributed by atoms with Crippen molar-refractivity contribution in [2.45, 2.75) is 24.9 Å². The molecule has 1 aromatic rings. The van der Waals surface area contributed by atoms with Crippen LogP contribution in [0.5, 0.6) is 0 Å². The number of aliphatic imine (C=N–C) groups is 1. The Hall–Kier alpha value is -1.01. The molecule has 18 heavy (non-hydrogen) atoms. The maximum atomic E-state index is 5.42. The lowest BCUT2D eigenvalue weighted by Crippen LogP contribution is -2.48. The number of rotatable bonds is 3. The first-order chi connectivity index (χ1) is 8.86. The summed E-state index contributed by atoms with van der Waals surface area (Å²) in [6.45, 7) is 3.36. The van der Waals surface area contributed by atoms with Gasteiger partial charge in [-0.05, 0) is 18.9 Å². The Morgan fingerprint density at radius 1 is 1.50 bits per heavy atom. The van der Waals surface area contributed by atoms with Gasteiger partial charge >= 0.3 is 0 Å². The topological polar surface area (TPSA) is 51.4 Å². The zero-order valence-corrected chi connectivity index (χ0v) is 11.2. The van der Waals surface area contributed by atoms with Gasteiger partial charge < -0.3 is 10.1 Å². The number of hydrogen-bond acceptors (Lipinski definition) is 4. The largest absolute Gasteiger partial charge is 0.381 e. The second-order valence-electron chi connectivity index (χ2n) is 4.76. The Bertz CT molecular complexity index is 412. The van der Waals surface area contributed by atoms with Crippen LogP contribution in [0.15, 0.2) is 23.5 Å². The van der Waals surface area contributed by atoms with Gasteiger partial charge in [0.25, 0.3) is 0 Å². The second kappa shape index (κ2) is 5.32. The van der Waals surface area contributed by atoms with E-state index in [-0.39, 0.29) is 5.54 Å². The first kappa shape index (κ1) is 12.0. The molecule has 98 valence electrons. The molecular weight excluding hydrogens is 248 g/mol. The van der Waals surface area contributed by atoms with Crippen molar-refractivity contribution in [3.63, 3.8) is 0 Å². The summed E-state index contributed by atoms with van der Waals surface area (Å²) in [5.74, 6) is 1.12. The van der Waals surface area contributed by atoms with E-state index in [1.54, 1.807) is 6.20 Å². The van der Waals surface area contributed by atoms with E-state index in [1.807, 2.05) is 28.7 Å². The molecule has 0 unspecified atom stereocenters. The number of amidine groups is 1. The fraction of sp³-hybridized carbons (Fsp3) is 0.667. The lowest BCUT2D eigenvalue weighted by Gasteiger charge is -2.32. The highest BCUT2D eigenvalue weighted by molar-refractivity contribution is 8.14. The molecule has 0 amide bonds. The zero-order chi connectivity index (χ0) is 12.3. The normalized spacial score (nSPS) is 24.6. The molecule has 6 heteroatoms. The number of nitrogens with one attached hydrogen (secondary N) is 1. The molecular formula is C12H18N4OS. The van der Waals surface area contributed by atoms with Crippen LogP contribution in [0, 0.1) is 0 Å². The second-order valence-corrected chi connectivity index (χ2v) is 5.73. The Morgan fingerprint density at radius 3 is 3.17 bits per heavy atom. The fourth-order valence-corrected chi connectivity index (χ4v) is 3.55. The molecule has 3 rings (SSSR count). The van der Waals surface area contributed by atoms with Crippen LogP contribution in [0.2, 0.25) is 0 Å². The molecule has 1 N–H and O–H groups in total. The molecule has 0 atom stereocenters. The van der Waals surface area contributed by atoms with E-state index >= 15 is 0 Å². The minimum absolute atomic E-state index is 0.244. The third-order valence-corrected chi connectivity index (χ3v) is 4.65. The van der Waals surface area contributed by atoms with Crippen molar-refractivity contribution < 1.29 is 4.74 Å². The molecule has 0 saturated carbocycles. The summed E-state index contributed by atoms with van der Waals surface area (Å²) in [5, 5.41) is 8.84. The Kier molecular flexibility index (Phi) is 3.56. The molecule has 3 heterocycles. The van der Waals surface area contributed by atoms with Gasteiger partial charge in [-0.15, -0.1) is 0 Å². The van der Waals surface area contributed by atoms with Crippen molar-refractivity contribution in [2.75, 3.05) is 25.5 Å². The van der Waals surface area contributed by atoms with Gasteiger partial charge in [0, 0.05) is 31.4 Å². The van der Waals surface area contributed by atoms with E-state index in [9.17, 15) is 0 Å². The number of thioether (sulfide) groups is 1. The predicted octanol–water partition coefficient (Wildman–Crippen LogP) is 1.12. The van der Waals surface area contributed by atoms with Gasteiger partial charge in [0.05, 0.1) is 18.6 Å². The quantitative estimate of drug-likeness (QED) is 0.891.